The molecule has 0 bridgehead atoms. The van der Waals surface area contributed by atoms with E-state index in [1.165, 1.54) is 17.0 Å². The number of piperazine rings is 1. The van der Waals surface area contributed by atoms with Crippen molar-refractivity contribution in [3.63, 3.8) is 0 Å². The number of amides is 1. The lowest BCUT2D eigenvalue weighted by atomic mass is 10.1. The predicted molar refractivity (Wildman–Crippen MR) is 100.0 cm³/mol. The molecule has 1 saturated carbocycles. The number of halogens is 3. The van der Waals surface area contributed by atoms with E-state index in [0.29, 0.717) is 31.3 Å². The van der Waals surface area contributed by atoms with E-state index in [2.05, 4.69) is 15.0 Å². The Bertz CT molecular complexity index is 948. The Morgan fingerprint density at radius 2 is 1.93 bits per heavy atom. The fourth-order valence-corrected chi connectivity index (χ4v) is 4.08. The summed E-state index contributed by atoms with van der Waals surface area (Å²) in [4.78, 5) is 28.7. The van der Waals surface area contributed by atoms with Gasteiger partial charge in [-0.3, -0.25) is 19.6 Å². The van der Waals surface area contributed by atoms with Gasteiger partial charge in [0.2, 0.25) is 11.8 Å². The quantitative estimate of drug-likeness (QED) is 0.759. The van der Waals surface area contributed by atoms with Crippen LogP contribution in [0.5, 0.6) is 5.88 Å². The number of nitrogens with zero attached hydrogens (tertiary/aromatic N) is 5. The number of carbonyl (C=O) groups is 1. The third-order valence-corrected chi connectivity index (χ3v) is 5.76. The van der Waals surface area contributed by atoms with Crippen LogP contribution in [0.1, 0.15) is 36.6 Å². The van der Waals surface area contributed by atoms with Gasteiger partial charge in [0.1, 0.15) is 17.6 Å². The summed E-state index contributed by atoms with van der Waals surface area (Å²) < 4.78 is 44.9. The lowest BCUT2D eigenvalue weighted by molar-refractivity contribution is -0.141. The molecule has 0 radical (unpaired) electrons. The van der Waals surface area contributed by atoms with E-state index in [1.807, 2.05) is 4.90 Å². The van der Waals surface area contributed by atoms with E-state index in [1.54, 1.807) is 12.4 Å². The SMILES string of the molecule is O=C1[C@@H]2C[C@@H](Oc3cnc(C4CC4)cn3)CN2CCN1c1cccc(C(F)(F)F)n1. The topological polar surface area (TPSA) is 71.5 Å². The van der Waals surface area contributed by atoms with E-state index >= 15 is 0 Å². The van der Waals surface area contributed by atoms with Gasteiger partial charge in [0.15, 0.2) is 0 Å². The molecular weight excluding hydrogens is 399 g/mol. The van der Waals surface area contributed by atoms with Crippen LogP contribution in [0.3, 0.4) is 0 Å². The molecule has 2 aromatic heterocycles. The molecule has 0 spiro atoms. The van der Waals surface area contributed by atoms with Gasteiger partial charge in [0.05, 0.1) is 24.1 Å². The zero-order valence-corrected chi connectivity index (χ0v) is 16.0. The van der Waals surface area contributed by atoms with Crippen LogP contribution in [0.2, 0.25) is 0 Å². The molecule has 158 valence electrons. The maximum Gasteiger partial charge on any atom is 0.433 e. The van der Waals surface area contributed by atoms with Crippen LogP contribution in [0.15, 0.2) is 30.6 Å². The largest absolute Gasteiger partial charge is 0.472 e. The van der Waals surface area contributed by atoms with Gasteiger partial charge >= 0.3 is 6.18 Å². The van der Waals surface area contributed by atoms with Gasteiger partial charge in [-0.15, -0.1) is 0 Å². The lowest BCUT2D eigenvalue weighted by Gasteiger charge is -2.35. The number of pyridine rings is 1. The molecule has 1 amide bonds. The number of ether oxygens (including phenoxy) is 1. The van der Waals surface area contributed by atoms with Crippen molar-refractivity contribution in [3.8, 4) is 5.88 Å². The molecule has 30 heavy (non-hydrogen) atoms. The molecule has 7 nitrogen and oxygen atoms in total. The molecule has 4 heterocycles. The number of rotatable bonds is 4. The standard InChI is InChI=1S/C20H20F3N5O2/c21-20(22,23)16-2-1-3-17(26-16)28-7-6-27-11-13(8-15(27)19(28)29)30-18-10-24-14(9-25-18)12-4-5-12/h1-3,9-10,12-13,15H,4-8,11H2/t13-,15+/m1/s1. The molecule has 2 aromatic rings. The van der Waals surface area contributed by atoms with E-state index in [0.717, 1.165) is 24.6 Å². The van der Waals surface area contributed by atoms with Crippen molar-refractivity contribution >= 4 is 11.7 Å². The average molecular weight is 419 g/mol. The minimum atomic E-state index is -4.55. The summed E-state index contributed by atoms with van der Waals surface area (Å²) in [5.74, 6) is 0.711. The highest BCUT2D eigenvalue weighted by atomic mass is 19.4. The number of aromatic nitrogens is 3. The molecule has 5 rings (SSSR count). The first-order valence-corrected chi connectivity index (χ1v) is 9.97. The van der Waals surface area contributed by atoms with Crippen LogP contribution in [-0.2, 0) is 11.0 Å². The fraction of sp³-hybridized carbons (Fsp3) is 0.500. The fourth-order valence-electron chi connectivity index (χ4n) is 4.08. The monoisotopic (exact) mass is 419 g/mol. The van der Waals surface area contributed by atoms with Crippen molar-refractivity contribution in [2.75, 3.05) is 24.5 Å². The van der Waals surface area contributed by atoms with E-state index in [-0.39, 0.29) is 24.4 Å². The van der Waals surface area contributed by atoms with Crippen LogP contribution in [-0.4, -0.2) is 57.5 Å². The molecule has 0 unspecified atom stereocenters. The van der Waals surface area contributed by atoms with Gasteiger partial charge in [0, 0.05) is 32.0 Å². The molecule has 2 saturated heterocycles. The summed E-state index contributed by atoms with van der Waals surface area (Å²) in [6, 6.07) is 3.16. The minimum Gasteiger partial charge on any atom is -0.472 e. The van der Waals surface area contributed by atoms with Gasteiger partial charge in [-0.1, -0.05) is 6.07 Å². The third-order valence-electron chi connectivity index (χ3n) is 5.76. The Labute approximate surface area is 170 Å². The third kappa shape index (κ3) is 3.71. The van der Waals surface area contributed by atoms with Gasteiger partial charge in [-0.2, -0.15) is 13.2 Å². The van der Waals surface area contributed by atoms with Gasteiger partial charge < -0.3 is 4.74 Å². The molecule has 0 aromatic carbocycles. The maximum atomic E-state index is 13.0. The van der Waals surface area contributed by atoms with Crippen molar-refractivity contribution in [2.24, 2.45) is 0 Å². The Kier molecular flexibility index (Phi) is 4.61. The average Bonchev–Trinajstić information content (AvgIpc) is 3.49. The molecule has 1 aliphatic carbocycles. The summed E-state index contributed by atoms with van der Waals surface area (Å²) in [5.41, 5.74) is -0.0262. The first kappa shape index (κ1) is 19.2. The highest BCUT2D eigenvalue weighted by Gasteiger charge is 2.44. The summed E-state index contributed by atoms with van der Waals surface area (Å²) in [6.07, 6.45) is 1.31. The van der Waals surface area contributed by atoms with Crippen molar-refractivity contribution in [1.29, 1.82) is 0 Å². The van der Waals surface area contributed by atoms with Gasteiger partial charge in [-0.05, 0) is 25.0 Å². The minimum absolute atomic E-state index is 0.0281. The molecule has 2 aliphatic heterocycles. The Morgan fingerprint density at radius 3 is 2.63 bits per heavy atom. The number of hydrogen-bond donors (Lipinski definition) is 0. The molecule has 10 heteroatoms. The Hall–Kier alpha value is -2.75. The molecule has 2 atom stereocenters. The van der Waals surface area contributed by atoms with Gasteiger partial charge in [0.25, 0.3) is 0 Å². The predicted octanol–water partition coefficient (Wildman–Crippen LogP) is 2.64. The maximum absolute atomic E-state index is 13.0. The van der Waals surface area contributed by atoms with Crippen LogP contribution in [0, 0.1) is 0 Å². The van der Waals surface area contributed by atoms with E-state index in [9.17, 15) is 18.0 Å². The number of fused-ring (bicyclic) bond motifs is 1. The summed E-state index contributed by atoms with van der Waals surface area (Å²) in [7, 11) is 0. The van der Waals surface area contributed by atoms with Crippen molar-refractivity contribution in [1.82, 2.24) is 19.9 Å². The van der Waals surface area contributed by atoms with Gasteiger partial charge in [-0.25, -0.2) is 9.97 Å². The van der Waals surface area contributed by atoms with Crippen molar-refractivity contribution in [2.45, 2.75) is 43.5 Å². The number of hydrogen-bond acceptors (Lipinski definition) is 6. The smallest absolute Gasteiger partial charge is 0.433 e. The number of anilines is 1. The number of alkyl halides is 3. The summed E-state index contributed by atoms with van der Waals surface area (Å²) in [5, 5.41) is 0. The summed E-state index contributed by atoms with van der Waals surface area (Å²) >= 11 is 0. The summed E-state index contributed by atoms with van der Waals surface area (Å²) in [6.45, 7) is 1.39. The molecular formula is C20H20F3N5O2. The second-order valence-electron chi connectivity index (χ2n) is 7.91. The zero-order valence-electron chi connectivity index (χ0n) is 16.0. The highest BCUT2D eigenvalue weighted by Crippen LogP contribution is 2.38. The second kappa shape index (κ2) is 7.19. The normalized spacial score (nSPS) is 24.8. The first-order valence-electron chi connectivity index (χ1n) is 9.97. The molecule has 3 fully saturated rings. The second-order valence-corrected chi connectivity index (χ2v) is 7.91. The Morgan fingerprint density at radius 1 is 1.10 bits per heavy atom. The van der Waals surface area contributed by atoms with Crippen molar-refractivity contribution in [3.05, 3.63) is 42.0 Å². The van der Waals surface area contributed by atoms with Crippen molar-refractivity contribution < 1.29 is 22.7 Å². The van der Waals surface area contributed by atoms with E-state index in [4.69, 9.17) is 4.74 Å². The molecule has 0 N–H and O–H groups in total. The first-order chi connectivity index (χ1) is 14.4. The number of carbonyl (C=O) groups excluding carboxylic acids is 1. The van der Waals surface area contributed by atoms with Crippen LogP contribution in [0.25, 0.3) is 0 Å². The highest BCUT2D eigenvalue weighted by molar-refractivity contribution is 5.97. The molecule has 3 aliphatic rings. The van der Waals surface area contributed by atoms with Crippen LogP contribution in [0.4, 0.5) is 19.0 Å². The lowest BCUT2D eigenvalue weighted by Crippen LogP contribution is -2.54. The van der Waals surface area contributed by atoms with E-state index < -0.39 is 17.9 Å². The van der Waals surface area contributed by atoms with Crippen LogP contribution < -0.4 is 9.64 Å². The van der Waals surface area contributed by atoms with Crippen LogP contribution >= 0.6 is 0 Å². The zero-order chi connectivity index (χ0) is 20.9. The Balaban J connectivity index is 1.26.